The lowest BCUT2D eigenvalue weighted by atomic mass is 10.1. The van der Waals surface area contributed by atoms with Crippen molar-refractivity contribution in [2.24, 2.45) is 5.73 Å². The van der Waals surface area contributed by atoms with Crippen LogP contribution < -0.4 is 16.4 Å². The summed E-state index contributed by atoms with van der Waals surface area (Å²) in [6, 6.07) is -3.10. The van der Waals surface area contributed by atoms with Gasteiger partial charge in [0.25, 0.3) is 0 Å². The van der Waals surface area contributed by atoms with Crippen molar-refractivity contribution < 1.29 is 24.6 Å². The van der Waals surface area contributed by atoms with E-state index in [1.807, 2.05) is 6.26 Å². The summed E-state index contributed by atoms with van der Waals surface area (Å²) in [5.74, 6) is -1.91. The number of aliphatic hydroxyl groups excluding tert-OH is 1. The predicted octanol–water partition coefficient (Wildman–Crippen LogP) is -1.48. The zero-order chi connectivity index (χ0) is 16.6. The molecule has 4 atom stereocenters. The summed E-state index contributed by atoms with van der Waals surface area (Å²) in [7, 11) is 0. The molecule has 21 heavy (non-hydrogen) atoms. The molecule has 0 aromatic heterocycles. The number of carbonyl (C=O) groups is 3. The zero-order valence-electron chi connectivity index (χ0n) is 12.3. The highest BCUT2D eigenvalue weighted by molar-refractivity contribution is 7.98. The van der Waals surface area contributed by atoms with Gasteiger partial charge in [-0.25, -0.2) is 4.79 Å². The quantitative estimate of drug-likeness (QED) is 0.349. The van der Waals surface area contributed by atoms with Gasteiger partial charge in [0.1, 0.15) is 6.04 Å². The molecule has 0 saturated carbocycles. The minimum atomic E-state index is -1.43. The second-order valence-corrected chi connectivity index (χ2v) is 5.68. The van der Waals surface area contributed by atoms with Crippen molar-refractivity contribution in [2.45, 2.75) is 44.5 Å². The Balaban J connectivity index is 4.84. The van der Waals surface area contributed by atoms with Gasteiger partial charge in [-0.3, -0.25) is 9.59 Å². The Morgan fingerprint density at radius 3 is 2.14 bits per heavy atom. The maximum Gasteiger partial charge on any atom is 0.328 e. The van der Waals surface area contributed by atoms with Crippen molar-refractivity contribution >= 4 is 29.5 Å². The van der Waals surface area contributed by atoms with Crippen molar-refractivity contribution in [3.63, 3.8) is 0 Å². The summed E-state index contributed by atoms with van der Waals surface area (Å²) in [5, 5.41) is 23.0. The van der Waals surface area contributed by atoms with Gasteiger partial charge >= 0.3 is 5.97 Å². The highest BCUT2D eigenvalue weighted by Crippen LogP contribution is 2.03. The molecule has 0 aromatic carbocycles. The lowest BCUT2D eigenvalue weighted by molar-refractivity contribution is -0.145. The van der Waals surface area contributed by atoms with Crippen LogP contribution in [0.1, 0.15) is 20.3 Å². The second-order valence-electron chi connectivity index (χ2n) is 4.70. The van der Waals surface area contributed by atoms with E-state index in [1.165, 1.54) is 25.6 Å². The van der Waals surface area contributed by atoms with Gasteiger partial charge in [-0.1, -0.05) is 0 Å². The highest BCUT2D eigenvalue weighted by atomic mass is 32.2. The van der Waals surface area contributed by atoms with Crippen molar-refractivity contribution in [3.05, 3.63) is 0 Å². The zero-order valence-corrected chi connectivity index (χ0v) is 13.1. The fraction of sp³-hybridized carbons (Fsp3) is 0.750. The van der Waals surface area contributed by atoms with Gasteiger partial charge in [0.05, 0.1) is 12.1 Å². The average Bonchev–Trinajstić information content (AvgIpc) is 2.39. The average molecular weight is 321 g/mol. The molecule has 0 spiro atoms. The van der Waals surface area contributed by atoms with Crippen molar-refractivity contribution in [1.29, 1.82) is 0 Å². The maximum absolute atomic E-state index is 12.1. The van der Waals surface area contributed by atoms with E-state index < -0.39 is 42.0 Å². The largest absolute Gasteiger partial charge is 0.480 e. The van der Waals surface area contributed by atoms with E-state index in [-0.39, 0.29) is 0 Å². The second kappa shape index (κ2) is 9.59. The summed E-state index contributed by atoms with van der Waals surface area (Å²) in [6.45, 7) is 2.74. The number of hydrogen-bond acceptors (Lipinski definition) is 6. The predicted molar refractivity (Wildman–Crippen MR) is 79.8 cm³/mol. The number of hydrogen-bond donors (Lipinski definition) is 5. The third kappa shape index (κ3) is 7.30. The minimum absolute atomic E-state index is 0.331. The van der Waals surface area contributed by atoms with E-state index in [2.05, 4.69) is 10.6 Å². The van der Waals surface area contributed by atoms with Crippen LogP contribution in [0, 0.1) is 0 Å². The van der Waals surface area contributed by atoms with Crippen LogP contribution >= 0.6 is 11.8 Å². The topological polar surface area (TPSA) is 142 Å². The number of nitrogens with one attached hydrogen (secondary N) is 2. The van der Waals surface area contributed by atoms with Crippen molar-refractivity contribution in [1.82, 2.24) is 10.6 Å². The number of carboxylic acids is 1. The lowest BCUT2D eigenvalue weighted by Crippen LogP contribution is -2.56. The first-order valence-electron chi connectivity index (χ1n) is 6.46. The molecule has 0 aliphatic carbocycles. The van der Waals surface area contributed by atoms with Crippen LogP contribution in [-0.2, 0) is 14.4 Å². The standard InChI is InChI=1S/C12H23N3O5S/c1-6(13)10(17)14-8(4-5-21-3)11(18)15-9(7(2)16)12(19)20/h6-9,16H,4-5,13H2,1-3H3,(H,14,17)(H,15,18)(H,19,20)/t6-,7+,8-,9-/m0/s1. The Labute approximate surface area is 127 Å². The molecule has 2 amide bonds. The SMILES string of the molecule is CSCC[C@H](NC(=O)[C@H](C)N)C(=O)N[C@H](C(=O)O)[C@@H](C)O. The van der Waals surface area contributed by atoms with Crippen LogP contribution in [0.2, 0.25) is 0 Å². The van der Waals surface area contributed by atoms with Crippen molar-refractivity contribution in [2.75, 3.05) is 12.0 Å². The number of carboxylic acid groups (broad SMARTS) is 1. The summed E-state index contributed by atoms with van der Waals surface area (Å²) < 4.78 is 0. The molecule has 9 heteroatoms. The molecule has 0 fully saturated rings. The van der Waals surface area contributed by atoms with Crippen LogP contribution in [0.25, 0.3) is 0 Å². The molecule has 0 unspecified atom stereocenters. The van der Waals surface area contributed by atoms with E-state index in [4.69, 9.17) is 10.8 Å². The smallest absolute Gasteiger partial charge is 0.328 e. The first kappa shape index (κ1) is 19.7. The molecular formula is C12H23N3O5S. The summed E-state index contributed by atoms with van der Waals surface area (Å²) in [5.41, 5.74) is 5.43. The van der Waals surface area contributed by atoms with E-state index >= 15 is 0 Å². The van der Waals surface area contributed by atoms with Crippen LogP contribution in [-0.4, -0.2) is 64.2 Å². The first-order valence-corrected chi connectivity index (χ1v) is 7.86. The number of aliphatic hydroxyl groups is 1. The van der Waals surface area contributed by atoms with Crippen LogP contribution in [0.3, 0.4) is 0 Å². The minimum Gasteiger partial charge on any atom is -0.480 e. The van der Waals surface area contributed by atoms with Gasteiger partial charge in [-0.05, 0) is 32.3 Å². The molecule has 0 radical (unpaired) electrons. The van der Waals surface area contributed by atoms with Gasteiger partial charge in [-0.15, -0.1) is 0 Å². The number of rotatable bonds is 9. The van der Waals surface area contributed by atoms with Gasteiger partial charge in [0.15, 0.2) is 6.04 Å². The molecular weight excluding hydrogens is 298 g/mol. The Bertz CT molecular complexity index is 376. The molecule has 0 aliphatic heterocycles. The Morgan fingerprint density at radius 2 is 1.76 bits per heavy atom. The van der Waals surface area contributed by atoms with Crippen LogP contribution in [0.15, 0.2) is 0 Å². The molecule has 0 bridgehead atoms. The Hall–Kier alpha value is -1.32. The third-order valence-electron chi connectivity index (χ3n) is 2.70. The number of thioether (sulfide) groups is 1. The van der Waals surface area contributed by atoms with Crippen molar-refractivity contribution in [3.8, 4) is 0 Å². The fourth-order valence-corrected chi connectivity index (χ4v) is 1.92. The highest BCUT2D eigenvalue weighted by Gasteiger charge is 2.29. The van der Waals surface area contributed by atoms with E-state index in [1.54, 1.807) is 0 Å². The molecule has 0 heterocycles. The van der Waals surface area contributed by atoms with E-state index in [0.29, 0.717) is 12.2 Å². The normalized spacial score (nSPS) is 16.4. The van der Waals surface area contributed by atoms with E-state index in [0.717, 1.165) is 0 Å². The maximum atomic E-state index is 12.1. The molecule has 0 aliphatic rings. The molecule has 8 nitrogen and oxygen atoms in total. The Kier molecular flexibility index (Phi) is 8.98. The molecule has 0 saturated heterocycles. The summed E-state index contributed by atoms with van der Waals surface area (Å²) in [4.78, 5) is 34.6. The Morgan fingerprint density at radius 1 is 1.19 bits per heavy atom. The third-order valence-corrected chi connectivity index (χ3v) is 3.35. The summed E-state index contributed by atoms with van der Waals surface area (Å²) in [6.07, 6.45) is 0.923. The molecule has 122 valence electrons. The van der Waals surface area contributed by atoms with Crippen LogP contribution in [0.4, 0.5) is 0 Å². The first-order chi connectivity index (χ1) is 9.70. The molecule has 0 aromatic rings. The molecule has 6 N–H and O–H groups in total. The van der Waals surface area contributed by atoms with Gasteiger partial charge < -0.3 is 26.6 Å². The number of nitrogens with two attached hydrogens (primary N) is 1. The fourth-order valence-electron chi connectivity index (χ4n) is 1.45. The van der Waals surface area contributed by atoms with Gasteiger partial charge in [-0.2, -0.15) is 11.8 Å². The number of carbonyl (C=O) groups excluding carboxylic acids is 2. The van der Waals surface area contributed by atoms with E-state index in [9.17, 15) is 19.5 Å². The monoisotopic (exact) mass is 321 g/mol. The summed E-state index contributed by atoms with van der Waals surface area (Å²) >= 11 is 1.49. The lowest BCUT2D eigenvalue weighted by Gasteiger charge is -2.23. The van der Waals surface area contributed by atoms with Gasteiger partial charge in [0, 0.05) is 0 Å². The number of aliphatic carboxylic acids is 1. The van der Waals surface area contributed by atoms with Gasteiger partial charge in [0.2, 0.25) is 11.8 Å². The molecule has 0 rings (SSSR count). The van der Waals surface area contributed by atoms with Crippen LogP contribution in [0.5, 0.6) is 0 Å². The number of amides is 2.